The van der Waals surface area contributed by atoms with E-state index in [4.69, 9.17) is 5.73 Å². The number of halogens is 3. The van der Waals surface area contributed by atoms with Gasteiger partial charge in [-0.1, -0.05) is 0 Å². The fraction of sp³-hybridized carbons (Fsp3) is 0.875. The molecule has 0 saturated carbocycles. The fourth-order valence-electron chi connectivity index (χ4n) is 1.68. The van der Waals surface area contributed by atoms with Gasteiger partial charge in [0.2, 0.25) is 5.91 Å². The molecule has 0 bridgehead atoms. The zero-order valence-corrected chi connectivity index (χ0v) is 7.68. The second-order valence-corrected chi connectivity index (χ2v) is 3.59. The summed E-state index contributed by atoms with van der Waals surface area (Å²) in [7, 11) is 0. The van der Waals surface area contributed by atoms with Gasteiger partial charge in [-0.25, -0.2) is 0 Å². The highest BCUT2D eigenvalue weighted by atomic mass is 19.4. The van der Waals surface area contributed by atoms with Gasteiger partial charge in [0, 0.05) is 6.54 Å². The number of likely N-dealkylation sites (tertiary alicyclic amines) is 1. The predicted molar refractivity (Wildman–Crippen MR) is 44.4 cm³/mol. The second-order valence-electron chi connectivity index (χ2n) is 3.59. The number of rotatable bonds is 2. The molecular formula is C8H13F3N2O. The zero-order valence-electron chi connectivity index (χ0n) is 7.68. The Balaban J connectivity index is 2.44. The molecule has 6 heteroatoms. The third kappa shape index (κ3) is 3.53. The summed E-state index contributed by atoms with van der Waals surface area (Å²) in [5.74, 6) is -0.928. The maximum absolute atomic E-state index is 12.0. The fourth-order valence-corrected chi connectivity index (χ4v) is 1.68. The van der Waals surface area contributed by atoms with Crippen LogP contribution in [0.25, 0.3) is 0 Å². The Hall–Kier alpha value is -0.780. The molecule has 0 aromatic heterocycles. The molecule has 1 rings (SSSR count). The molecule has 0 radical (unpaired) electrons. The normalized spacial score (nSPS) is 24.9. The highest BCUT2D eigenvalue weighted by Gasteiger charge is 2.33. The first kappa shape index (κ1) is 11.3. The van der Waals surface area contributed by atoms with Gasteiger partial charge < -0.3 is 5.73 Å². The van der Waals surface area contributed by atoms with E-state index in [1.54, 1.807) is 0 Å². The number of primary amides is 1. The Morgan fingerprint density at radius 2 is 2.14 bits per heavy atom. The van der Waals surface area contributed by atoms with Crippen LogP contribution in [0.4, 0.5) is 13.2 Å². The zero-order chi connectivity index (χ0) is 10.8. The molecule has 1 aliphatic rings. The van der Waals surface area contributed by atoms with Gasteiger partial charge >= 0.3 is 6.18 Å². The molecule has 3 nitrogen and oxygen atoms in total. The lowest BCUT2D eigenvalue weighted by Crippen LogP contribution is -2.44. The molecule has 1 heterocycles. The van der Waals surface area contributed by atoms with Crippen LogP contribution < -0.4 is 5.73 Å². The first-order valence-corrected chi connectivity index (χ1v) is 4.47. The minimum Gasteiger partial charge on any atom is -0.369 e. The molecule has 14 heavy (non-hydrogen) atoms. The van der Waals surface area contributed by atoms with Gasteiger partial charge in [-0.2, -0.15) is 13.2 Å². The van der Waals surface area contributed by atoms with E-state index in [0.29, 0.717) is 19.4 Å². The maximum Gasteiger partial charge on any atom is 0.401 e. The van der Waals surface area contributed by atoms with Crippen LogP contribution in [-0.2, 0) is 4.79 Å². The molecule has 0 aromatic rings. The van der Waals surface area contributed by atoms with E-state index >= 15 is 0 Å². The van der Waals surface area contributed by atoms with Crippen LogP contribution >= 0.6 is 0 Å². The summed E-state index contributed by atoms with van der Waals surface area (Å²) in [5, 5.41) is 0. The average molecular weight is 210 g/mol. The van der Waals surface area contributed by atoms with E-state index in [1.165, 1.54) is 4.90 Å². The maximum atomic E-state index is 12.0. The lowest BCUT2D eigenvalue weighted by atomic mass is 9.97. The molecular weight excluding hydrogens is 197 g/mol. The molecule has 0 spiro atoms. The standard InChI is InChI=1S/C8H13F3N2O/c9-8(10,11)5-13-3-1-2-6(4-13)7(12)14/h6H,1-5H2,(H2,12,14). The number of carbonyl (C=O) groups excluding carboxylic acids is 1. The van der Waals surface area contributed by atoms with Crippen LogP contribution in [-0.4, -0.2) is 36.6 Å². The monoisotopic (exact) mass is 210 g/mol. The van der Waals surface area contributed by atoms with Crippen molar-refractivity contribution in [2.45, 2.75) is 19.0 Å². The van der Waals surface area contributed by atoms with E-state index in [1.807, 2.05) is 0 Å². The minimum absolute atomic E-state index is 0.134. The molecule has 1 saturated heterocycles. The van der Waals surface area contributed by atoms with E-state index < -0.39 is 24.5 Å². The summed E-state index contributed by atoms with van der Waals surface area (Å²) in [6.07, 6.45) is -2.99. The van der Waals surface area contributed by atoms with Crippen molar-refractivity contribution < 1.29 is 18.0 Å². The van der Waals surface area contributed by atoms with Gasteiger partial charge in [0.05, 0.1) is 12.5 Å². The first-order chi connectivity index (χ1) is 6.38. The number of hydrogen-bond acceptors (Lipinski definition) is 2. The summed E-state index contributed by atoms with van der Waals surface area (Å²) in [5.41, 5.74) is 5.05. The van der Waals surface area contributed by atoms with Crippen molar-refractivity contribution in [1.29, 1.82) is 0 Å². The Kier molecular flexibility index (Phi) is 3.36. The molecule has 0 aliphatic carbocycles. The third-order valence-electron chi connectivity index (χ3n) is 2.31. The van der Waals surface area contributed by atoms with Crippen LogP contribution in [0.2, 0.25) is 0 Å². The van der Waals surface area contributed by atoms with Crippen molar-refractivity contribution in [2.24, 2.45) is 11.7 Å². The van der Waals surface area contributed by atoms with Crippen molar-refractivity contribution in [3.05, 3.63) is 0 Å². The SMILES string of the molecule is NC(=O)C1CCCN(CC(F)(F)F)C1. The van der Waals surface area contributed by atoms with Gasteiger partial charge in [-0.15, -0.1) is 0 Å². The smallest absolute Gasteiger partial charge is 0.369 e. The van der Waals surface area contributed by atoms with Crippen LogP contribution in [0.3, 0.4) is 0 Å². The van der Waals surface area contributed by atoms with Crippen molar-refractivity contribution in [3.63, 3.8) is 0 Å². The number of amides is 1. The summed E-state index contributed by atoms with van der Waals surface area (Å²) in [6, 6.07) is 0. The van der Waals surface area contributed by atoms with Crippen molar-refractivity contribution in [1.82, 2.24) is 4.90 Å². The van der Waals surface area contributed by atoms with Crippen LogP contribution in [0.15, 0.2) is 0 Å². The first-order valence-electron chi connectivity index (χ1n) is 4.47. The average Bonchev–Trinajstić information content (AvgIpc) is 2.01. The van der Waals surface area contributed by atoms with Gasteiger partial charge in [-0.05, 0) is 19.4 Å². The number of alkyl halides is 3. The summed E-state index contributed by atoms with van der Waals surface area (Å²) >= 11 is 0. The molecule has 82 valence electrons. The van der Waals surface area contributed by atoms with E-state index in [0.717, 1.165) is 0 Å². The van der Waals surface area contributed by atoms with Gasteiger partial charge in [-0.3, -0.25) is 9.69 Å². The number of nitrogens with zero attached hydrogens (tertiary/aromatic N) is 1. The van der Waals surface area contributed by atoms with Crippen LogP contribution in [0.5, 0.6) is 0 Å². The quantitative estimate of drug-likeness (QED) is 0.730. The molecule has 1 atom stereocenters. The topological polar surface area (TPSA) is 46.3 Å². The predicted octanol–water partition coefficient (Wildman–Crippen LogP) is 0.746. The third-order valence-corrected chi connectivity index (χ3v) is 2.31. The summed E-state index contributed by atoms with van der Waals surface area (Å²) < 4.78 is 36.0. The van der Waals surface area contributed by atoms with Crippen molar-refractivity contribution in [3.8, 4) is 0 Å². The van der Waals surface area contributed by atoms with E-state index in [9.17, 15) is 18.0 Å². The Labute approximate surface area is 80.0 Å². The molecule has 1 amide bonds. The number of hydrogen-bond donors (Lipinski definition) is 1. The van der Waals surface area contributed by atoms with Gasteiger partial charge in [0.15, 0.2) is 0 Å². The van der Waals surface area contributed by atoms with Crippen LogP contribution in [0, 0.1) is 5.92 Å². The van der Waals surface area contributed by atoms with E-state index in [-0.39, 0.29) is 6.54 Å². The largest absolute Gasteiger partial charge is 0.401 e. The van der Waals surface area contributed by atoms with Crippen molar-refractivity contribution >= 4 is 5.91 Å². The van der Waals surface area contributed by atoms with E-state index in [2.05, 4.69) is 0 Å². The van der Waals surface area contributed by atoms with Crippen molar-refractivity contribution in [2.75, 3.05) is 19.6 Å². The Bertz CT molecular complexity index is 217. The molecule has 0 aromatic carbocycles. The lowest BCUT2D eigenvalue weighted by molar-refractivity contribution is -0.151. The van der Waals surface area contributed by atoms with Crippen LogP contribution in [0.1, 0.15) is 12.8 Å². The Morgan fingerprint density at radius 1 is 1.50 bits per heavy atom. The summed E-state index contributed by atoms with van der Waals surface area (Å²) in [4.78, 5) is 12.0. The minimum atomic E-state index is -4.19. The number of piperidine rings is 1. The highest BCUT2D eigenvalue weighted by molar-refractivity contribution is 5.76. The molecule has 1 unspecified atom stereocenters. The molecule has 1 aliphatic heterocycles. The van der Waals surface area contributed by atoms with Gasteiger partial charge in [0.25, 0.3) is 0 Å². The Morgan fingerprint density at radius 3 is 2.64 bits per heavy atom. The second kappa shape index (κ2) is 4.16. The summed E-state index contributed by atoms with van der Waals surface area (Å²) in [6.45, 7) is -0.422. The highest BCUT2D eigenvalue weighted by Crippen LogP contribution is 2.21. The number of nitrogens with two attached hydrogens (primary N) is 1. The lowest BCUT2D eigenvalue weighted by Gasteiger charge is -2.31. The molecule has 1 fully saturated rings. The number of carbonyl (C=O) groups is 1. The molecule has 2 N–H and O–H groups in total. The van der Waals surface area contributed by atoms with Gasteiger partial charge in [0.1, 0.15) is 0 Å².